The van der Waals surface area contributed by atoms with E-state index in [-0.39, 0.29) is 11.4 Å². The van der Waals surface area contributed by atoms with E-state index < -0.39 is 0 Å². The Bertz CT molecular complexity index is 1090. The Morgan fingerprint density at radius 1 is 1.08 bits per heavy atom. The van der Waals surface area contributed by atoms with E-state index in [1.54, 1.807) is 12.1 Å². The average molecular weight is 349 g/mol. The summed E-state index contributed by atoms with van der Waals surface area (Å²) in [6.45, 7) is 5.70. The zero-order chi connectivity index (χ0) is 18.1. The van der Waals surface area contributed by atoms with Crippen LogP contribution in [0.15, 0.2) is 53.3 Å². The third-order valence-corrected chi connectivity index (χ3v) is 4.75. The molecule has 4 nitrogen and oxygen atoms in total. The van der Waals surface area contributed by atoms with Crippen LogP contribution in [0.4, 0.5) is 10.1 Å². The lowest BCUT2D eigenvalue weighted by Crippen LogP contribution is -2.34. The predicted molar refractivity (Wildman–Crippen MR) is 103 cm³/mol. The fourth-order valence-corrected chi connectivity index (χ4v) is 3.40. The molecule has 1 fully saturated rings. The summed E-state index contributed by atoms with van der Waals surface area (Å²) in [7, 11) is 0. The molecule has 26 heavy (non-hydrogen) atoms. The van der Waals surface area contributed by atoms with Crippen LogP contribution in [-0.4, -0.2) is 22.9 Å². The molecule has 0 unspecified atom stereocenters. The molecule has 4 rings (SSSR count). The minimum atomic E-state index is -0.259. The molecular formula is C21H20FN3O. The molecular weight excluding hydrogens is 329 g/mol. The molecule has 1 aromatic heterocycles. The highest BCUT2D eigenvalue weighted by molar-refractivity contribution is 5.57. The number of aromatic amines is 1. The van der Waals surface area contributed by atoms with Crippen LogP contribution >= 0.6 is 0 Å². The quantitative estimate of drug-likeness (QED) is 0.787. The van der Waals surface area contributed by atoms with E-state index >= 15 is 0 Å². The van der Waals surface area contributed by atoms with Crippen molar-refractivity contribution >= 4 is 18.3 Å². The number of H-pyrrole nitrogens is 1. The Morgan fingerprint density at radius 2 is 1.81 bits per heavy atom. The maximum Gasteiger partial charge on any atom is 0.279 e. The minimum absolute atomic E-state index is 0.203. The minimum Gasteiger partial charge on any atom is -0.369 e. The Kier molecular flexibility index (Phi) is 4.21. The lowest BCUT2D eigenvalue weighted by Gasteiger charge is -2.18. The number of benzene rings is 2. The molecule has 0 radical (unpaired) electrons. The average Bonchev–Trinajstić information content (AvgIpc) is 3.27. The molecule has 1 saturated heterocycles. The van der Waals surface area contributed by atoms with Gasteiger partial charge in [-0.3, -0.25) is 9.89 Å². The largest absolute Gasteiger partial charge is 0.369 e. The Morgan fingerprint density at radius 3 is 2.50 bits per heavy atom. The zero-order valence-electron chi connectivity index (χ0n) is 14.4. The van der Waals surface area contributed by atoms with Gasteiger partial charge < -0.3 is 4.90 Å². The molecule has 2 heterocycles. The summed E-state index contributed by atoms with van der Waals surface area (Å²) in [4.78, 5) is 14.8. The van der Waals surface area contributed by atoms with Crippen molar-refractivity contribution in [3.05, 3.63) is 80.8 Å². The van der Waals surface area contributed by atoms with Crippen LogP contribution < -0.4 is 21.0 Å². The molecule has 132 valence electrons. The molecule has 1 aliphatic heterocycles. The number of hydrogen-bond acceptors (Lipinski definition) is 2. The summed E-state index contributed by atoms with van der Waals surface area (Å²) in [5.74, 6) is -0.259. The van der Waals surface area contributed by atoms with E-state index in [4.69, 9.17) is 0 Å². The summed E-state index contributed by atoms with van der Waals surface area (Å²) in [5.41, 5.74) is 1.81. The summed E-state index contributed by atoms with van der Waals surface area (Å²) >= 11 is 0. The number of anilines is 1. The molecule has 1 N–H and O–H groups in total. The summed E-state index contributed by atoms with van der Waals surface area (Å²) < 4.78 is 16.0. The number of nitrogens with one attached hydrogen (secondary N) is 1. The van der Waals surface area contributed by atoms with Crippen molar-refractivity contribution in [3.8, 4) is 5.69 Å². The van der Waals surface area contributed by atoms with Gasteiger partial charge in [0.05, 0.1) is 21.9 Å². The van der Waals surface area contributed by atoms with E-state index in [2.05, 4.69) is 16.6 Å². The number of halogens is 1. The molecule has 0 amide bonds. The maximum absolute atomic E-state index is 14.5. The molecule has 2 aromatic carbocycles. The van der Waals surface area contributed by atoms with Crippen molar-refractivity contribution in [3.63, 3.8) is 0 Å². The smallest absolute Gasteiger partial charge is 0.279 e. The Balaban J connectivity index is 1.75. The van der Waals surface area contributed by atoms with E-state index in [0.717, 1.165) is 31.6 Å². The first-order valence-electron chi connectivity index (χ1n) is 8.75. The number of rotatable bonds is 3. The van der Waals surface area contributed by atoms with Crippen molar-refractivity contribution in [2.75, 3.05) is 18.0 Å². The highest BCUT2D eigenvalue weighted by Crippen LogP contribution is 2.24. The number of aromatic nitrogens is 2. The Hall–Kier alpha value is -3.08. The molecule has 0 saturated carbocycles. The number of hydrogen-bond donors (Lipinski definition) is 1. The first-order valence-corrected chi connectivity index (χ1v) is 8.75. The van der Waals surface area contributed by atoms with Crippen molar-refractivity contribution in [2.24, 2.45) is 0 Å². The van der Waals surface area contributed by atoms with Gasteiger partial charge in [0.25, 0.3) is 5.56 Å². The lowest BCUT2D eigenvalue weighted by molar-refractivity contribution is 0.623. The standard InChI is InChI=1S/C21H20FN3O/c1-15-18(21(26)25(23-15)17-7-3-2-4-8-17)13-16-9-10-20(19(22)14-16)24-11-5-6-12-24/h2-4,7-10,13-14,23H,1,5-6,11-12H2/b18-13-. The van der Waals surface area contributed by atoms with Gasteiger partial charge in [0.15, 0.2) is 0 Å². The molecule has 1 aliphatic rings. The van der Waals surface area contributed by atoms with E-state index in [1.165, 1.54) is 10.7 Å². The topological polar surface area (TPSA) is 41.0 Å². The van der Waals surface area contributed by atoms with E-state index in [0.29, 0.717) is 21.8 Å². The molecule has 0 bridgehead atoms. The summed E-state index contributed by atoms with van der Waals surface area (Å²) in [6, 6.07) is 14.4. The van der Waals surface area contributed by atoms with E-state index in [9.17, 15) is 9.18 Å². The molecule has 3 aromatic rings. The molecule has 5 heteroatoms. The van der Waals surface area contributed by atoms with Crippen molar-refractivity contribution in [1.29, 1.82) is 0 Å². The number of nitrogens with zero attached hydrogens (tertiary/aromatic N) is 2. The third-order valence-electron chi connectivity index (χ3n) is 4.75. The van der Waals surface area contributed by atoms with Gasteiger partial charge in [0.1, 0.15) is 5.82 Å². The lowest BCUT2D eigenvalue weighted by atomic mass is 10.1. The normalized spacial score (nSPS) is 15.0. The molecule has 0 aliphatic carbocycles. The molecule has 0 atom stereocenters. The van der Waals surface area contributed by atoms with Crippen molar-refractivity contribution in [1.82, 2.24) is 9.78 Å². The highest BCUT2D eigenvalue weighted by Gasteiger charge is 2.16. The zero-order valence-corrected chi connectivity index (χ0v) is 14.4. The summed E-state index contributed by atoms with van der Waals surface area (Å²) in [6.07, 6.45) is 3.87. The fourth-order valence-electron chi connectivity index (χ4n) is 3.40. The van der Waals surface area contributed by atoms with Crippen LogP contribution in [-0.2, 0) is 0 Å². The second kappa shape index (κ2) is 6.67. The second-order valence-corrected chi connectivity index (χ2v) is 6.53. The summed E-state index contributed by atoms with van der Waals surface area (Å²) in [5, 5.41) is 3.92. The fraction of sp³-hybridized carbons (Fsp3) is 0.190. The van der Waals surface area contributed by atoms with Gasteiger partial charge in [0.2, 0.25) is 0 Å². The highest BCUT2D eigenvalue weighted by atomic mass is 19.1. The van der Waals surface area contributed by atoms with Gasteiger partial charge in [0, 0.05) is 13.1 Å². The monoisotopic (exact) mass is 349 g/mol. The van der Waals surface area contributed by atoms with Gasteiger partial charge in [-0.25, -0.2) is 9.07 Å². The Labute approximate surface area is 150 Å². The van der Waals surface area contributed by atoms with Crippen LogP contribution in [0.5, 0.6) is 0 Å². The van der Waals surface area contributed by atoms with Crippen LogP contribution in [0.3, 0.4) is 0 Å². The maximum atomic E-state index is 14.5. The van der Waals surface area contributed by atoms with Crippen molar-refractivity contribution < 1.29 is 4.39 Å². The van der Waals surface area contributed by atoms with Gasteiger partial charge in [-0.1, -0.05) is 30.8 Å². The van der Waals surface area contributed by atoms with E-state index in [1.807, 2.05) is 36.4 Å². The van der Waals surface area contributed by atoms with Crippen molar-refractivity contribution in [2.45, 2.75) is 12.8 Å². The van der Waals surface area contributed by atoms with Crippen LogP contribution in [0.2, 0.25) is 0 Å². The predicted octanol–water partition coefficient (Wildman–Crippen LogP) is 2.14. The van der Waals surface area contributed by atoms with Crippen LogP contribution in [0.1, 0.15) is 18.4 Å². The molecule has 0 spiro atoms. The second-order valence-electron chi connectivity index (χ2n) is 6.53. The first kappa shape index (κ1) is 16.4. The first-order chi connectivity index (χ1) is 12.6. The van der Waals surface area contributed by atoms with Gasteiger partial charge in [-0.15, -0.1) is 0 Å². The van der Waals surface area contributed by atoms with Gasteiger partial charge in [-0.2, -0.15) is 0 Å². The van der Waals surface area contributed by atoms with Crippen LogP contribution in [0.25, 0.3) is 18.3 Å². The third kappa shape index (κ3) is 2.96. The van der Waals surface area contributed by atoms with Gasteiger partial charge in [-0.05, 0) is 48.7 Å². The van der Waals surface area contributed by atoms with Gasteiger partial charge >= 0.3 is 0 Å². The van der Waals surface area contributed by atoms with Crippen LogP contribution in [0, 0.1) is 5.82 Å². The SMILES string of the molecule is C=c1[nH]n(-c2ccccc2)c(=O)/c1=C\c1ccc(N2CCCC2)c(F)c1. The number of para-hydroxylation sites is 1.